The fourth-order valence-electron chi connectivity index (χ4n) is 6.02. The van der Waals surface area contributed by atoms with E-state index in [1.54, 1.807) is 7.11 Å². The summed E-state index contributed by atoms with van der Waals surface area (Å²) in [7, 11) is 1.75. The fraction of sp³-hybridized carbons (Fsp3) is 0.647. The zero-order chi connectivity index (χ0) is 28.4. The van der Waals surface area contributed by atoms with Crippen LogP contribution in [0.4, 0.5) is 5.69 Å². The Morgan fingerprint density at radius 1 is 0.951 bits per heavy atom. The third kappa shape index (κ3) is 8.91. The smallest absolute Gasteiger partial charge is 0.142 e. The number of ether oxygens (including phenoxy) is 5. The molecule has 3 aliphatic rings. The largest absolute Gasteiger partial charge is 0.490 e. The zero-order valence-electron chi connectivity index (χ0n) is 25.0. The summed E-state index contributed by atoms with van der Waals surface area (Å²) in [6.45, 7) is 7.77. The van der Waals surface area contributed by atoms with Crippen molar-refractivity contribution in [2.75, 3.05) is 51.5 Å². The van der Waals surface area contributed by atoms with Crippen molar-refractivity contribution in [3.63, 3.8) is 0 Å². The molecule has 0 aromatic heterocycles. The Morgan fingerprint density at radius 3 is 2.49 bits per heavy atom. The molecule has 1 N–H and O–H groups in total. The Bertz CT molecular complexity index is 1060. The summed E-state index contributed by atoms with van der Waals surface area (Å²) in [5.74, 6) is 1.86. The van der Waals surface area contributed by atoms with E-state index in [4.69, 9.17) is 23.7 Å². The van der Waals surface area contributed by atoms with Crippen molar-refractivity contribution in [3.05, 3.63) is 59.2 Å². The molecule has 41 heavy (non-hydrogen) atoms. The Kier molecular flexibility index (Phi) is 11.3. The monoisotopic (exact) mass is 567 g/mol. The summed E-state index contributed by atoms with van der Waals surface area (Å²) in [4.78, 5) is 2.40. The van der Waals surface area contributed by atoms with Gasteiger partial charge in [0.25, 0.3) is 0 Å². The molecule has 0 unspecified atom stereocenters. The second-order valence-corrected chi connectivity index (χ2v) is 12.0. The van der Waals surface area contributed by atoms with E-state index in [1.165, 1.54) is 24.0 Å². The molecule has 2 aromatic carbocycles. The number of benzene rings is 2. The average Bonchev–Trinajstić information content (AvgIpc) is 3.81. The first kappa shape index (κ1) is 30.3. The van der Waals surface area contributed by atoms with Crippen molar-refractivity contribution in [1.29, 1.82) is 0 Å². The Morgan fingerprint density at radius 2 is 1.73 bits per heavy atom. The third-order valence-corrected chi connectivity index (χ3v) is 8.55. The number of hydrogen-bond acceptors (Lipinski definition) is 7. The first-order chi connectivity index (χ1) is 20.1. The van der Waals surface area contributed by atoms with Crippen molar-refractivity contribution in [2.24, 2.45) is 5.92 Å². The fourth-order valence-corrected chi connectivity index (χ4v) is 6.02. The quantitative estimate of drug-likeness (QED) is 0.255. The van der Waals surface area contributed by atoms with Crippen LogP contribution < -0.4 is 9.64 Å². The van der Waals surface area contributed by atoms with Crippen LogP contribution in [0.2, 0.25) is 0 Å². The molecule has 7 nitrogen and oxygen atoms in total. The van der Waals surface area contributed by atoms with Crippen LogP contribution in [0.15, 0.2) is 42.5 Å². The van der Waals surface area contributed by atoms with Crippen molar-refractivity contribution in [3.8, 4) is 5.75 Å². The second-order valence-electron chi connectivity index (χ2n) is 12.0. The van der Waals surface area contributed by atoms with Gasteiger partial charge >= 0.3 is 0 Å². The number of rotatable bonds is 16. The van der Waals surface area contributed by atoms with Gasteiger partial charge in [0.1, 0.15) is 12.4 Å². The first-order valence-corrected chi connectivity index (χ1v) is 15.7. The Balaban J connectivity index is 1.26. The van der Waals surface area contributed by atoms with Gasteiger partial charge in [0.2, 0.25) is 0 Å². The van der Waals surface area contributed by atoms with Crippen LogP contribution in [0.25, 0.3) is 0 Å². The van der Waals surface area contributed by atoms with Gasteiger partial charge in [-0.2, -0.15) is 0 Å². The molecular formula is C34H49NO6. The summed E-state index contributed by atoms with van der Waals surface area (Å²) in [5.41, 5.74) is 4.77. The van der Waals surface area contributed by atoms with Gasteiger partial charge < -0.3 is 33.7 Å². The molecule has 4 atom stereocenters. The number of hydrogen-bond donors (Lipinski definition) is 1. The molecule has 0 bridgehead atoms. The predicted octanol–water partition coefficient (Wildman–Crippen LogP) is 5.86. The van der Waals surface area contributed by atoms with Crippen molar-refractivity contribution < 1.29 is 28.8 Å². The van der Waals surface area contributed by atoms with Gasteiger partial charge in [0.05, 0.1) is 43.8 Å². The molecule has 5 rings (SSSR count). The molecule has 7 heteroatoms. The molecule has 0 spiro atoms. The highest BCUT2D eigenvalue weighted by molar-refractivity contribution is 5.61. The maximum Gasteiger partial charge on any atom is 0.142 e. The van der Waals surface area contributed by atoms with E-state index in [0.717, 1.165) is 74.9 Å². The van der Waals surface area contributed by atoms with Crippen LogP contribution >= 0.6 is 0 Å². The number of aliphatic hydroxyl groups is 1. The third-order valence-electron chi connectivity index (χ3n) is 8.55. The molecule has 2 fully saturated rings. The minimum absolute atomic E-state index is 0.0577. The lowest BCUT2D eigenvalue weighted by atomic mass is 9.79. The van der Waals surface area contributed by atoms with Crippen LogP contribution in [-0.4, -0.2) is 70.0 Å². The maximum atomic E-state index is 9.79. The molecule has 2 saturated carbocycles. The number of nitrogens with zero attached hydrogens (tertiary/aromatic N) is 1. The molecule has 226 valence electrons. The normalized spacial score (nSPS) is 23.2. The summed E-state index contributed by atoms with van der Waals surface area (Å²) >= 11 is 0. The molecule has 0 radical (unpaired) electrons. The molecule has 1 heterocycles. The number of methoxy groups -OCH3 is 1. The van der Waals surface area contributed by atoms with Gasteiger partial charge in [-0.3, -0.25) is 0 Å². The molecule has 0 amide bonds. The van der Waals surface area contributed by atoms with Gasteiger partial charge in [0, 0.05) is 39.4 Å². The van der Waals surface area contributed by atoms with E-state index >= 15 is 0 Å². The van der Waals surface area contributed by atoms with E-state index in [1.807, 2.05) is 6.92 Å². The molecule has 2 aliphatic carbocycles. The van der Waals surface area contributed by atoms with Crippen molar-refractivity contribution in [2.45, 2.75) is 89.3 Å². The SMILES string of the molecule is COCCCN1CCOc2ccc(CO[C@H]3CCC[C@@H](OCC[C@@H](C)O)[C@@H]3c3ccc(COCC4CC4)cc3)cc21. The summed E-state index contributed by atoms with van der Waals surface area (Å²) in [6, 6.07) is 15.3. The Labute approximate surface area is 246 Å². The summed E-state index contributed by atoms with van der Waals surface area (Å²) < 4.78 is 30.3. The molecule has 1 aliphatic heterocycles. The molecular weight excluding hydrogens is 518 g/mol. The standard InChI is InChI=1S/C34H49NO6/c1-25(36)15-19-39-32-5-3-6-33(34(32)29-12-9-27(10-13-29)23-38-22-26-7-8-26)41-24-28-11-14-31-30(21-28)35(17-20-40-31)16-4-18-37-2/h9-14,21,25-26,32-34,36H,3-8,15-20,22-24H2,1-2H3/t25-,32-,33+,34+/m1/s1. The highest BCUT2D eigenvalue weighted by atomic mass is 16.5. The Hall–Kier alpha value is -2.16. The minimum Gasteiger partial charge on any atom is -0.490 e. The maximum absolute atomic E-state index is 9.79. The summed E-state index contributed by atoms with van der Waals surface area (Å²) in [6.07, 6.45) is 7.09. The number of anilines is 1. The van der Waals surface area contributed by atoms with Gasteiger partial charge in [-0.15, -0.1) is 0 Å². The van der Waals surface area contributed by atoms with Crippen LogP contribution in [0, 0.1) is 5.92 Å². The van der Waals surface area contributed by atoms with E-state index in [9.17, 15) is 5.11 Å². The number of aliphatic hydroxyl groups excluding tert-OH is 1. The van der Waals surface area contributed by atoms with Crippen LogP contribution in [-0.2, 0) is 32.2 Å². The van der Waals surface area contributed by atoms with E-state index < -0.39 is 0 Å². The lowest BCUT2D eigenvalue weighted by Crippen LogP contribution is -2.38. The van der Waals surface area contributed by atoms with Crippen LogP contribution in [0.3, 0.4) is 0 Å². The van der Waals surface area contributed by atoms with E-state index in [-0.39, 0.29) is 24.2 Å². The lowest BCUT2D eigenvalue weighted by molar-refractivity contribution is -0.0729. The second kappa shape index (κ2) is 15.4. The van der Waals surface area contributed by atoms with Crippen LogP contribution in [0.1, 0.15) is 74.5 Å². The topological polar surface area (TPSA) is 69.6 Å². The van der Waals surface area contributed by atoms with Gasteiger partial charge in [-0.25, -0.2) is 0 Å². The van der Waals surface area contributed by atoms with E-state index in [0.29, 0.717) is 32.8 Å². The van der Waals surface area contributed by atoms with Crippen LogP contribution in [0.5, 0.6) is 5.75 Å². The zero-order valence-corrected chi connectivity index (χ0v) is 25.0. The lowest BCUT2D eigenvalue weighted by Gasteiger charge is -2.38. The highest BCUT2D eigenvalue weighted by Gasteiger charge is 2.36. The van der Waals surface area contributed by atoms with Gasteiger partial charge in [-0.05, 0) is 86.6 Å². The predicted molar refractivity (Wildman–Crippen MR) is 161 cm³/mol. The summed E-state index contributed by atoms with van der Waals surface area (Å²) in [5, 5.41) is 9.79. The van der Waals surface area contributed by atoms with Crippen molar-refractivity contribution in [1.82, 2.24) is 0 Å². The van der Waals surface area contributed by atoms with Gasteiger partial charge in [-0.1, -0.05) is 30.3 Å². The highest BCUT2D eigenvalue weighted by Crippen LogP contribution is 2.39. The van der Waals surface area contributed by atoms with Gasteiger partial charge in [0.15, 0.2) is 0 Å². The first-order valence-electron chi connectivity index (χ1n) is 15.7. The average molecular weight is 568 g/mol. The minimum atomic E-state index is -0.360. The molecule has 0 saturated heterocycles. The molecule has 2 aromatic rings. The van der Waals surface area contributed by atoms with Crippen molar-refractivity contribution >= 4 is 5.69 Å². The van der Waals surface area contributed by atoms with E-state index in [2.05, 4.69) is 47.4 Å². The number of fused-ring (bicyclic) bond motifs is 1.